The van der Waals surface area contributed by atoms with Gasteiger partial charge in [-0.25, -0.2) is 22.0 Å². The van der Waals surface area contributed by atoms with Gasteiger partial charge in [0.25, 0.3) is 0 Å². The minimum Gasteiger partial charge on any atom is -0.225 e. The largest absolute Gasteiger partial charge is 0.243 e. The van der Waals surface area contributed by atoms with Crippen molar-refractivity contribution in [2.24, 2.45) is 5.14 Å². The molecular formula is C17H22N2O4S2. The molecular weight excluding hydrogens is 360 g/mol. The van der Waals surface area contributed by atoms with Crippen LogP contribution in [0.5, 0.6) is 0 Å². The average molecular weight is 383 g/mol. The molecule has 0 aliphatic rings. The van der Waals surface area contributed by atoms with Crippen molar-refractivity contribution in [3.05, 3.63) is 59.2 Å². The predicted molar refractivity (Wildman–Crippen MR) is 97.1 cm³/mol. The van der Waals surface area contributed by atoms with E-state index in [0.717, 1.165) is 5.56 Å². The number of benzene rings is 2. The Morgan fingerprint density at radius 1 is 0.960 bits per heavy atom. The van der Waals surface area contributed by atoms with Crippen molar-refractivity contribution in [1.29, 1.82) is 0 Å². The molecule has 0 spiro atoms. The quantitative estimate of drug-likeness (QED) is 0.858. The average Bonchev–Trinajstić information content (AvgIpc) is 2.54. The van der Waals surface area contributed by atoms with E-state index in [9.17, 15) is 16.8 Å². The van der Waals surface area contributed by atoms with Crippen LogP contribution in [0.2, 0.25) is 0 Å². The molecule has 6 nitrogen and oxygen atoms in total. The fourth-order valence-corrected chi connectivity index (χ4v) is 4.67. The Kier molecular flexibility index (Phi) is 5.38. The van der Waals surface area contributed by atoms with Crippen LogP contribution in [-0.2, 0) is 20.0 Å². The van der Waals surface area contributed by atoms with Crippen LogP contribution in [0.15, 0.2) is 52.3 Å². The van der Waals surface area contributed by atoms with Crippen LogP contribution in [0.25, 0.3) is 0 Å². The van der Waals surface area contributed by atoms with E-state index in [1.54, 1.807) is 38.1 Å². The Bertz CT molecular complexity index is 982. The highest BCUT2D eigenvalue weighted by molar-refractivity contribution is 7.89. The zero-order valence-electron chi connectivity index (χ0n) is 14.6. The van der Waals surface area contributed by atoms with Gasteiger partial charge in [-0.15, -0.1) is 0 Å². The number of sulfonamides is 2. The lowest BCUT2D eigenvalue weighted by atomic mass is 10.1. The van der Waals surface area contributed by atoms with E-state index in [1.165, 1.54) is 23.5 Å². The van der Waals surface area contributed by atoms with E-state index in [2.05, 4.69) is 0 Å². The SMILES string of the molecule is Cc1ccc(C)c(S(=O)(=O)N(C)[C@H](C)c2ccc(S(N)(=O)=O)cc2)c1. The minimum atomic E-state index is -3.78. The van der Waals surface area contributed by atoms with E-state index < -0.39 is 26.1 Å². The fourth-order valence-electron chi connectivity index (χ4n) is 2.49. The van der Waals surface area contributed by atoms with Gasteiger partial charge in [0.1, 0.15) is 0 Å². The number of hydrogen-bond acceptors (Lipinski definition) is 4. The molecule has 0 aliphatic heterocycles. The van der Waals surface area contributed by atoms with Crippen LogP contribution >= 0.6 is 0 Å². The number of hydrogen-bond donors (Lipinski definition) is 1. The number of rotatable bonds is 5. The summed E-state index contributed by atoms with van der Waals surface area (Å²) in [4.78, 5) is 0.256. The van der Waals surface area contributed by atoms with Gasteiger partial charge in [-0.1, -0.05) is 24.3 Å². The van der Waals surface area contributed by atoms with Crippen molar-refractivity contribution in [2.75, 3.05) is 7.05 Å². The number of aryl methyl sites for hydroxylation is 2. The highest BCUT2D eigenvalue weighted by Gasteiger charge is 2.28. The molecule has 2 rings (SSSR count). The van der Waals surface area contributed by atoms with Gasteiger partial charge in [-0.2, -0.15) is 4.31 Å². The second kappa shape index (κ2) is 6.87. The molecule has 0 saturated carbocycles. The van der Waals surface area contributed by atoms with E-state index in [4.69, 9.17) is 5.14 Å². The molecule has 0 unspecified atom stereocenters. The smallest absolute Gasteiger partial charge is 0.225 e. The number of nitrogens with two attached hydrogens (primary N) is 1. The van der Waals surface area contributed by atoms with Crippen LogP contribution in [0.4, 0.5) is 0 Å². The summed E-state index contributed by atoms with van der Waals surface area (Å²) in [6, 6.07) is 10.7. The lowest BCUT2D eigenvalue weighted by Crippen LogP contribution is -2.30. The molecule has 8 heteroatoms. The molecule has 0 amide bonds. The van der Waals surface area contributed by atoms with Gasteiger partial charge >= 0.3 is 0 Å². The van der Waals surface area contributed by atoms with Gasteiger partial charge in [0.15, 0.2) is 0 Å². The van der Waals surface area contributed by atoms with Gasteiger partial charge in [0.05, 0.1) is 9.79 Å². The normalized spacial score (nSPS) is 13.8. The first-order valence-electron chi connectivity index (χ1n) is 7.62. The van der Waals surface area contributed by atoms with Crippen molar-refractivity contribution in [2.45, 2.75) is 36.6 Å². The van der Waals surface area contributed by atoms with Gasteiger partial charge < -0.3 is 0 Å². The third-order valence-corrected chi connectivity index (χ3v) is 7.24. The van der Waals surface area contributed by atoms with Crippen molar-refractivity contribution < 1.29 is 16.8 Å². The highest BCUT2D eigenvalue weighted by atomic mass is 32.2. The van der Waals surface area contributed by atoms with Crippen LogP contribution in [0.3, 0.4) is 0 Å². The van der Waals surface area contributed by atoms with Crippen molar-refractivity contribution in [1.82, 2.24) is 4.31 Å². The first kappa shape index (κ1) is 19.6. The molecule has 0 aliphatic carbocycles. The Morgan fingerprint density at radius 3 is 2.04 bits per heavy atom. The topological polar surface area (TPSA) is 97.5 Å². The molecule has 25 heavy (non-hydrogen) atoms. The lowest BCUT2D eigenvalue weighted by Gasteiger charge is -2.25. The molecule has 0 saturated heterocycles. The lowest BCUT2D eigenvalue weighted by molar-refractivity contribution is 0.398. The molecule has 0 aromatic heterocycles. The third kappa shape index (κ3) is 4.09. The van der Waals surface area contributed by atoms with E-state index in [0.29, 0.717) is 11.1 Å². The van der Waals surface area contributed by atoms with Crippen molar-refractivity contribution >= 4 is 20.0 Å². The van der Waals surface area contributed by atoms with E-state index in [-0.39, 0.29) is 9.79 Å². The monoisotopic (exact) mass is 382 g/mol. The summed E-state index contributed by atoms with van der Waals surface area (Å²) in [5, 5.41) is 5.08. The fraction of sp³-hybridized carbons (Fsp3) is 0.294. The van der Waals surface area contributed by atoms with E-state index >= 15 is 0 Å². The Hall–Kier alpha value is -1.74. The first-order valence-corrected chi connectivity index (χ1v) is 10.6. The van der Waals surface area contributed by atoms with Crippen LogP contribution in [-0.4, -0.2) is 28.2 Å². The number of nitrogens with zero attached hydrogens (tertiary/aromatic N) is 1. The summed E-state index contributed by atoms with van der Waals surface area (Å²) in [6.45, 7) is 5.34. The molecule has 0 bridgehead atoms. The van der Waals surface area contributed by atoms with Gasteiger partial charge in [-0.05, 0) is 55.7 Å². The summed E-state index contributed by atoms with van der Waals surface area (Å²) in [5.74, 6) is 0. The second-order valence-corrected chi connectivity index (χ2v) is 9.61. The maximum absolute atomic E-state index is 13.0. The van der Waals surface area contributed by atoms with Crippen molar-refractivity contribution in [3.63, 3.8) is 0 Å². The van der Waals surface area contributed by atoms with Gasteiger partial charge in [0, 0.05) is 13.1 Å². The first-order chi connectivity index (χ1) is 11.4. The maximum Gasteiger partial charge on any atom is 0.243 e. The second-order valence-electron chi connectivity index (χ2n) is 6.08. The molecule has 0 radical (unpaired) electrons. The summed E-state index contributed by atoms with van der Waals surface area (Å²) < 4.78 is 49.9. The maximum atomic E-state index is 13.0. The van der Waals surface area contributed by atoms with Crippen LogP contribution in [0, 0.1) is 13.8 Å². The zero-order chi connectivity index (χ0) is 19.0. The molecule has 136 valence electrons. The molecule has 2 aromatic rings. The highest BCUT2D eigenvalue weighted by Crippen LogP contribution is 2.28. The summed E-state index contributed by atoms with van der Waals surface area (Å²) in [6.07, 6.45) is 0. The van der Waals surface area contributed by atoms with Crippen molar-refractivity contribution in [3.8, 4) is 0 Å². The van der Waals surface area contributed by atoms with Crippen LogP contribution in [0.1, 0.15) is 29.7 Å². The standard InChI is InChI=1S/C17H22N2O4S2/c1-12-5-6-13(2)17(11-12)25(22,23)19(4)14(3)15-7-9-16(10-8-15)24(18,20)21/h5-11,14H,1-4H3,(H2,18,20,21)/t14-/m1/s1. The Labute approximate surface area is 149 Å². The molecule has 0 fully saturated rings. The summed E-state index contributed by atoms with van der Waals surface area (Å²) in [5.41, 5.74) is 2.21. The van der Waals surface area contributed by atoms with Crippen LogP contribution < -0.4 is 5.14 Å². The third-order valence-electron chi connectivity index (χ3n) is 4.24. The molecule has 2 aromatic carbocycles. The molecule has 1 atom stereocenters. The summed E-state index contributed by atoms with van der Waals surface area (Å²) >= 11 is 0. The minimum absolute atomic E-state index is 0.0107. The van der Waals surface area contributed by atoms with Gasteiger partial charge in [-0.3, -0.25) is 0 Å². The Balaban J connectivity index is 2.38. The number of primary sulfonamides is 1. The van der Waals surface area contributed by atoms with Gasteiger partial charge in [0.2, 0.25) is 20.0 Å². The predicted octanol–water partition coefficient (Wildman–Crippen LogP) is 2.33. The summed E-state index contributed by atoms with van der Waals surface area (Å²) in [7, 11) is -5.96. The van der Waals surface area contributed by atoms with E-state index in [1.807, 2.05) is 13.0 Å². The zero-order valence-corrected chi connectivity index (χ0v) is 16.2. The Morgan fingerprint density at radius 2 is 1.52 bits per heavy atom. The molecule has 2 N–H and O–H groups in total. The molecule has 0 heterocycles.